The third-order valence-electron chi connectivity index (χ3n) is 2.09. The second-order valence-corrected chi connectivity index (χ2v) is 4.08. The van der Waals surface area contributed by atoms with E-state index in [0.717, 1.165) is 0 Å². The number of halogens is 2. The molecule has 0 amide bonds. The average Bonchev–Trinajstić information content (AvgIpc) is 2.27. The first-order valence-corrected chi connectivity index (χ1v) is 5.29. The van der Waals surface area contributed by atoms with Crippen molar-refractivity contribution in [1.82, 2.24) is 0 Å². The zero-order valence-corrected chi connectivity index (χ0v) is 9.93. The molecule has 2 radical (unpaired) electrons. The Morgan fingerprint density at radius 1 is 1.35 bits per heavy atom. The Morgan fingerprint density at radius 3 is 2.59 bits per heavy atom. The molecule has 1 nitrogen and oxygen atoms in total. The highest BCUT2D eigenvalue weighted by atomic mass is 19.2. The lowest BCUT2D eigenvalue weighted by Crippen LogP contribution is -2.12. The van der Waals surface area contributed by atoms with Gasteiger partial charge in [-0.05, 0) is 18.1 Å². The smallest absolute Gasteiger partial charge is 0.181 e. The first-order valence-electron chi connectivity index (χ1n) is 5.29. The van der Waals surface area contributed by atoms with E-state index in [4.69, 9.17) is 7.85 Å². The second kappa shape index (κ2) is 5.66. The minimum absolute atomic E-state index is 0.0232. The van der Waals surface area contributed by atoms with Gasteiger partial charge in [0.05, 0.1) is 5.69 Å². The molecule has 0 aromatic heterocycles. The first-order chi connectivity index (χ1) is 7.91. The average molecular weight is 233 g/mol. The van der Waals surface area contributed by atoms with Gasteiger partial charge < -0.3 is 5.32 Å². The molecule has 0 saturated carbocycles. The van der Waals surface area contributed by atoms with Crippen LogP contribution < -0.4 is 10.8 Å². The molecule has 0 atom stereocenters. The summed E-state index contributed by atoms with van der Waals surface area (Å²) in [4.78, 5) is 0. The van der Waals surface area contributed by atoms with Crippen molar-refractivity contribution in [2.24, 2.45) is 5.92 Å². The van der Waals surface area contributed by atoms with Crippen LogP contribution in [0.1, 0.15) is 13.8 Å². The summed E-state index contributed by atoms with van der Waals surface area (Å²) in [6, 6.07) is 2.68. The van der Waals surface area contributed by atoms with Gasteiger partial charge in [0.25, 0.3) is 0 Å². The summed E-state index contributed by atoms with van der Waals surface area (Å²) in [5.74, 6) is -1.68. The highest BCUT2D eigenvalue weighted by Gasteiger charge is 2.10. The van der Waals surface area contributed by atoms with Gasteiger partial charge in [0.2, 0.25) is 0 Å². The predicted molar refractivity (Wildman–Crippen MR) is 68.5 cm³/mol. The van der Waals surface area contributed by atoms with Gasteiger partial charge in [-0.1, -0.05) is 38.0 Å². The van der Waals surface area contributed by atoms with Gasteiger partial charge in [0.15, 0.2) is 11.6 Å². The molecule has 1 aromatic carbocycles. The number of nitrogens with one attached hydrogen (secondary N) is 1. The standard InChI is InChI=1S/C13H14BF2N/c1-8(2)4-5-9(3)17-11-7-6-10(14)12(15)13(11)16/h4-8,17H,3H2,1-2H3/b5-4+. The van der Waals surface area contributed by atoms with Crippen LogP contribution in [0.25, 0.3) is 0 Å². The van der Waals surface area contributed by atoms with Gasteiger partial charge in [0.1, 0.15) is 7.85 Å². The number of anilines is 1. The van der Waals surface area contributed by atoms with Crippen molar-refractivity contribution in [2.75, 3.05) is 5.32 Å². The van der Waals surface area contributed by atoms with E-state index in [-0.39, 0.29) is 11.2 Å². The number of hydrogen-bond acceptors (Lipinski definition) is 1. The van der Waals surface area contributed by atoms with Gasteiger partial charge in [-0.25, -0.2) is 8.78 Å². The Kier molecular flexibility index (Phi) is 4.49. The SMILES string of the molecule is [B]c1ccc(NC(=C)/C=C/C(C)C)c(F)c1F. The van der Waals surface area contributed by atoms with Crippen LogP contribution in [0.5, 0.6) is 0 Å². The molecule has 0 aliphatic rings. The molecule has 1 N–H and O–H groups in total. The van der Waals surface area contributed by atoms with Crippen molar-refractivity contribution in [2.45, 2.75) is 13.8 Å². The van der Waals surface area contributed by atoms with Crippen molar-refractivity contribution in [3.05, 3.63) is 48.2 Å². The molecule has 0 unspecified atom stereocenters. The van der Waals surface area contributed by atoms with E-state index in [2.05, 4.69) is 11.9 Å². The Hall–Kier alpha value is -1.58. The fourth-order valence-corrected chi connectivity index (χ4v) is 1.18. The third kappa shape index (κ3) is 3.73. The van der Waals surface area contributed by atoms with Crippen molar-refractivity contribution in [3.8, 4) is 0 Å². The Labute approximate surface area is 102 Å². The molecule has 88 valence electrons. The van der Waals surface area contributed by atoms with Gasteiger partial charge in [-0.2, -0.15) is 0 Å². The molecule has 0 bridgehead atoms. The lowest BCUT2D eigenvalue weighted by atomic mass is 9.95. The van der Waals surface area contributed by atoms with Crippen LogP contribution in [-0.4, -0.2) is 7.85 Å². The van der Waals surface area contributed by atoms with Gasteiger partial charge in [-0.15, -0.1) is 0 Å². The molecule has 0 aliphatic heterocycles. The van der Waals surface area contributed by atoms with Crippen LogP contribution in [0, 0.1) is 17.6 Å². The number of rotatable bonds is 4. The number of allylic oxidation sites excluding steroid dienone is 2. The summed E-state index contributed by atoms with van der Waals surface area (Å²) in [6.07, 6.45) is 3.62. The van der Waals surface area contributed by atoms with Crippen LogP contribution in [0.3, 0.4) is 0 Å². The number of hydrogen-bond donors (Lipinski definition) is 1. The maximum absolute atomic E-state index is 13.4. The Morgan fingerprint density at radius 2 is 2.00 bits per heavy atom. The van der Waals surface area contributed by atoms with E-state index in [0.29, 0.717) is 11.6 Å². The van der Waals surface area contributed by atoms with E-state index in [1.165, 1.54) is 12.1 Å². The van der Waals surface area contributed by atoms with E-state index < -0.39 is 11.6 Å². The van der Waals surface area contributed by atoms with E-state index in [9.17, 15) is 8.78 Å². The van der Waals surface area contributed by atoms with Crippen molar-refractivity contribution in [1.29, 1.82) is 0 Å². The van der Waals surface area contributed by atoms with Crippen molar-refractivity contribution >= 4 is 19.0 Å². The van der Waals surface area contributed by atoms with Gasteiger partial charge >= 0.3 is 0 Å². The molecule has 0 saturated heterocycles. The maximum atomic E-state index is 13.4. The maximum Gasteiger partial charge on any atom is 0.181 e. The van der Waals surface area contributed by atoms with E-state index in [1.807, 2.05) is 19.9 Å². The minimum Gasteiger partial charge on any atom is -0.354 e. The lowest BCUT2D eigenvalue weighted by molar-refractivity contribution is 0.517. The quantitative estimate of drug-likeness (QED) is 0.622. The monoisotopic (exact) mass is 233 g/mol. The summed E-state index contributed by atoms with van der Waals surface area (Å²) >= 11 is 0. The van der Waals surface area contributed by atoms with Gasteiger partial charge in [0, 0.05) is 5.70 Å². The molecule has 4 heteroatoms. The molecule has 0 fully saturated rings. The first kappa shape index (κ1) is 13.5. The zero-order chi connectivity index (χ0) is 13.0. The molecule has 0 heterocycles. The highest BCUT2D eigenvalue weighted by Crippen LogP contribution is 2.17. The fraction of sp³-hybridized carbons (Fsp3) is 0.231. The van der Waals surface area contributed by atoms with Crippen LogP contribution in [0.2, 0.25) is 0 Å². The molecule has 0 spiro atoms. The summed E-state index contributed by atoms with van der Waals surface area (Å²) in [6.45, 7) is 7.71. The largest absolute Gasteiger partial charge is 0.354 e. The topological polar surface area (TPSA) is 12.0 Å². The summed E-state index contributed by atoms with van der Waals surface area (Å²) in [7, 11) is 5.24. The summed E-state index contributed by atoms with van der Waals surface area (Å²) in [5.41, 5.74) is 0.299. The Balaban J connectivity index is 2.83. The molecule has 0 aliphatic carbocycles. The highest BCUT2D eigenvalue weighted by molar-refractivity contribution is 6.32. The van der Waals surface area contributed by atoms with Crippen LogP contribution in [0.4, 0.5) is 14.5 Å². The Bertz CT molecular complexity index is 453. The zero-order valence-electron chi connectivity index (χ0n) is 9.93. The summed E-state index contributed by atoms with van der Waals surface area (Å²) in [5, 5.41) is 2.68. The predicted octanol–water partition coefficient (Wildman–Crippen LogP) is 2.90. The van der Waals surface area contributed by atoms with Crippen LogP contribution >= 0.6 is 0 Å². The van der Waals surface area contributed by atoms with Crippen LogP contribution in [0.15, 0.2) is 36.6 Å². The van der Waals surface area contributed by atoms with Crippen molar-refractivity contribution in [3.63, 3.8) is 0 Å². The van der Waals surface area contributed by atoms with Gasteiger partial charge in [-0.3, -0.25) is 0 Å². The van der Waals surface area contributed by atoms with Crippen LogP contribution in [-0.2, 0) is 0 Å². The molecular formula is C13H14BF2N. The third-order valence-corrected chi connectivity index (χ3v) is 2.09. The van der Waals surface area contributed by atoms with Crippen molar-refractivity contribution < 1.29 is 8.78 Å². The fourth-order valence-electron chi connectivity index (χ4n) is 1.18. The lowest BCUT2D eigenvalue weighted by Gasteiger charge is -2.09. The van der Waals surface area contributed by atoms with E-state index >= 15 is 0 Å². The molecule has 1 rings (SSSR count). The second-order valence-electron chi connectivity index (χ2n) is 4.08. The normalized spacial score (nSPS) is 11.1. The molecule has 17 heavy (non-hydrogen) atoms. The number of benzene rings is 1. The molecule has 1 aromatic rings. The minimum atomic E-state index is -1.05. The molecular weight excluding hydrogens is 219 g/mol. The van der Waals surface area contributed by atoms with E-state index in [1.54, 1.807) is 6.08 Å². The summed E-state index contributed by atoms with van der Waals surface area (Å²) < 4.78 is 26.6.